The number of pyridine rings is 1. The van der Waals surface area contributed by atoms with E-state index in [1.54, 1.807) is 54.7 Å². The van der Waals surface area contributed by atoms with Crippen molar-refractivity contribution in [2.75, 3.05) is 24.4 Å². The van der Waals surface area contributed by atoms with Crippen LogP contribution in [0.3, 0.4) is 0 Å². The number of nitrogens with zero attached hydrogens (tertiary/aromatic N) is 1. The summed E-state index contributed by atoms with van der Waals surface area (Å²) in [5.41, 5.74) is 2.83. The van der Waals surface area contributed by atoms with Gasteiger partial charge in [0.2, 0.25) is 0 Å². The van der Waals surface area contributed by atoms with Crippen LogP contribution in [0.5, 0.6) is 5.75 Å². The third-order valence-corrected chi connectivity index (χ3v) is 4.03. The van der Waals surface area contributed by atoms with E-state index in [4.69, 9.17) is 4.74 Å². The van der Waals surface area contributed by atoms with Gasteiger partial charge in [0, 0.05) is 5.69 Å². The van der Waals surface area contributed by atoms with Crippen molar-refractivity contribution in [1.82, 2.24) is 4.98 Å². The van der Waals surface area contributed by atoms with Crippen molar-refractivity contribution < 1.29 is 19.1 Å². The van der Waals surface area contributed by atoms with Crippen molar-refractivity contribution in [2.24, 2.45) is 0 Å². The number of esters is 1. The van der Waals surface area contributed by atoms with Gasteiger partial charge in [-0.2, -0.15) is 0 Å². The number of benzene rings is 2. The normalized spacial score (nSPS) is 10.1. The summed E-state index contributed by atoms with van der Waals surface area (Å²) >= 11 is 0. The summed E-state index contributed by atoms with van der Waals surface area (Å²) in [5, 5.41) is 5.98. The molecular weight excluding hydrogens is 370 g/mol. The summed E-state index contributed by atoms with van der Waals surface area (Å²) in [6.45, 7) is 2.39. The molecule has 1 amide bonds. The molecule has 0 aliphatic heterocycles. The van der Waals surface area contributed by atoms with E-state index in [9.17, 15) is 9.59 Å². The summed E-state index contributed by atoms with van der Waals surface area (Å²) in [7, 11) is 1.34. The van der Waals surface area contributed by atoms with Gasteiger partial charge in [0.25, 0.3) is 5.91 Å². The molecule has 2 N–H and O–H groups in total. The van der Waals surface area contributed by atoms with Gasteiger partial charge < -0.3 is 20.1 Å². The van der Waals surface area contributed by atoms with Crippen LogP contribution < -0.4 is 15.4 Å². The van der Waals surface area contributed by atoms with Gasteiger partial charge >= 0.3 is 5.97 Å². The van der Waals surface area contributed by atoms with Crippen LogP contribution in [0, 0.1) is 0 Å². The molecule has 3 rings (SSSR count). The van der Waals surface area contributed by atoms with Gasteiger partial charge in [-0.15, -0.1) is 0 Å². The number of amides is 1. The second-order valence-corrected chi connectivity index (χ2v) is 6.01. The van der Waals surface area contributed by atoms with Crippen molar-refractivity contribution in [3.63, 3.8) is 0 Å². The van der Waals surface area contributed by atoms with Crippen LogP contribution in [0.15, 0.2) is 66.9 Å². The number of hydrogen-bond acceptors (Lipinski definition) is 6. The standard InChI is InChI=1S/C22H21N3O4/c1-3-29-20-7-5-4-6-18(20)25-21(26)19-13-12-17(14-23-19)24-16-10-8-15(9-11-16)22(27)28-2/h4-14,24H,3H2,1-2H3,(H,25,26). The summed E-state index contributed by atoms with van der Waals surface area (Å²) in [5.74, 6) is -0.109. The fourth-order valence-electron chi connectivity index (χ4n) is 2.61. The molecule has 0 saturated carbocycles. The Hall–Kier alpha value is -3.87. The summed E-state index contributed by atoms with van der Waals surface area (Å²) in [6.07, 6.45) is 1.57. The molecule has 0 atom stereocenters. The third-order valence-electron chi connectivity index (χ3n) is 4.03. The number of para-hydroxylation sites is 2. The number of anilines is 3. The van der Waals surface area contributed by atoms with E-state index in [-0.39, 0.29) is 17.6 Å². The Morgan fingerprint density at radius 2 is 1.69 bits per heavy atom. The number of nitrogens with one attached hydrogen (secondary N) is 2. The second-order valence-electron chi connectivity index (χ2n) is 6.01. The molecule has 0 bridgehead atoms. The molecule has 0 aliphatic carbocycles. The Bertz CT molecular complexity index is 986. The minimum absolute atomic E-state index is 0.280. The van der Waals surface area contributed by atoms with Gasteiger partial charge in [0.1, 0.15) is 11.4 Å². The molecule has 1 heterocycles. The monoisotopic (exact) mass is 391 g/mol. The Labute approximate surface area is 168 Å². The van der Waals surface area contributed by atoms with Gasteiger partial charge in [0.05, 0.1) is 36.9 Å². The second kappa shape index (κ2) is 9.36. The van der Waals surface area contributed by atoms with Crippen molar-refractivity contribution >= 4 is 28.9 Å². The number of ether oxygens (including phenoxy) is 2. The van der Waals surface area contributed by atoms with Crippen LogP contribution in [-0.2, 0) is 4.74 Å². The van der Waals surface area contributed by atoms with E-state index >= 15 is 0 Å². The van der Waals surface area contributed by atoms with E-state index in [1.165, 1.54) is 7.11 Å². The minimum Gasteiger partial charge on any atom is -0.492 e. The number of rotatable bonds is 7. The first-order valence-electron chi connectivity index (χ1n) is 9.05. The maximum atomic E-state index is 12.5. The predicted molar refractivity (Wildman–Crippen MR) is 111 cm³/mol. The minimum atomic E-state index is -0.389. The first-order valence-corrected chi connectivity index (χ1v) is 9.05. The quantitative estimate of drug-likeness (QED) is 0.585. The summed E-state index contributed by atoms with van der Waals surface area (Å²) < 4.78 is 10.2. The maximum Gasteiger partial charge on any atom is 0.337 e. The van der Waals surface area contributed by atoms with Crippen LogP contribution in [0.1, 0.15) is 27.8 Å². The lowest BCUT2D eigenvalue weighted by Crippen LogP contribution is -2.14. The van der Waals surface area contributed by atoms with E-state index in [0.29, 0.717) is 29.3 Å². The lowest BCUT2D eigenvalue weighted by atomic mass is 10.2. The Morgan fingerprint density at radius 3 is 2.34 bits per heavy atom. The smallest absolute Gasteiger partial charge is 0.337 e. The SMILES string of the molecule is CCOc1ccccc1NC(=O)c1ccc(Nc2ccc(C(=O)OC)cc2)cn1. The van der Waals surface area contributed by atoms with Crippen LogP contribution in [-0.4, -0.2) is 30.6 Å². The van der Waals surface area contributed by atoms with Crippen LogP contribution in [0.4, 0.5) is 17.1 Å². The highest BCUT2D eigenvalue weighted by atomic mass is 16.5. The van der Waals surface area contributed by atoms with Crippen molar-refractivity contribution in [3.8, 4) is 5.75 Å². The van der Waals surface area contributed by atoms with E-state index in [1.807, 2.05) is 19.1 Å². The Balaban J connectivity index is 1.65. The fourth-order valence-corrected chi connectivity index (χ4v) is 2.61. The van der Waals surface area contributed by atoms with Crippen LogP contribution >= 0.6 is 0 Å². The van der Waals surface area contributed by atoms with Crippen LogP contribution in [0.2, 0.25) is 0 Å². The molecule has 0 saturated heterocycles. The lowest BCUT2D eigenvalue weighted by Gasteiger charge is -2.11. The first kappa shape index (κ1) is 19.9. The first-order chi connectivity index (χ1) is 14.1. The average Bonchev–Trinajstić information content (AvgIpc) is 2.76. The molecule has 3 aromatic rings. The number of aromatic nitrogens is 1. The van der Waals surface area contributed by atoms with Gasteiger partial charge in [-0.1, -0.05) is 12.1 Å². The molecule has 0 unspecified atom stereocenters. The fraction of sp³-hybridized carbons (Fsp3) is 0.136. The molecule has 148 valence electrons. The zero-order chi connectivity index (χ0) is 20.6. The predicted octanol–water partition coefficient (Wildman–Crippen LogP) is 4.26. The van der Waals surface area contributed by atoms with E-state index in [2.05, 4.69) is 20.4 Å². The van der Waals surface area contributed by atoms with Crippen molar-refractivity contribution in [1.29, 1.82) is 0 Å². The number of hydrogen-bond donors (Lipinski definition) is 2. The maximum absolute atomic E-state index is 12.5. The molecule has 0 fully saturated rings. The zero-order valence-electron chi connectivity index (χ0n) is 16.1. The van der Waals surface area contributed by atoms with E-state index < -0.39 is 0 Å². The van der Waals surface area contributed by atoms with Gasteiger partial charge in [-0.05, 0) is 55.5 Å². The molecule has 1 aromatic heterocycles. The number of carbonyl (C=O) groups is 2. The van der Waals surface area contributed by atoms with E-state index in [0.717, 1.165) is 5.69 Å². The van der Waals surface area contributed by atoms with Gasteiger partial charge in [0.15, 0.2) is 0 Å². The summed E-state index contributed by atoms with van der Waals surface area (Å²) in [6, 6.07) is 17.5. The lowest BCUT2D eigenvalue weighted by molar-refractivity contribution is 0.0600. The largest absolute Gasteiger partial charge is 0.492 e. The molecule has 0 aliphatic rings. The Morgan fingerprint density at radius 1 is 0.966 bits per heavy atom. The molecule has 0 radical (unpaired) electrons. The number of methoxy groups -OCH3 is 1. The topological polar surface area (TPSA) is 89.6 Å². The highest BCUT2D eigenvalue weighted by Crippen LogP contribution is 2.24. The highest BCUT2D eigenvalue weighted by molar-refractivity contribution is 6.03. The highest BCUT2D eigenvalue weighted by Gasteiger charge is 2.11. The molecule has 7 heteroatoms. The third kappa shape index (κ3) is 5.10. The summed E-state index contributed by atoms with van der Waals surface area (Å²) in [4.78, 5) is 28.2. The van der Waals surface area contributed by atoms with Crippen LogP contribution in [0.25, 0.3) is 0 Å². The Kier molecular flexibility index (Phi) is 6.42. The molecule has 29 heavy (non-hydrogen) atoms. The van der Waals surface area contributed by atoms with Gasteiger partial charge in [-0.3, -0.25) is 4.79 Å². The molecule has 2 aromatic carbocycles. The van der Waals surface area contributed by atoms with Crippen molar-refractivity contribution in [3.05, 3.63) is 78.1 Å². The number of carbonyl (C=O) groups excluding carboxylic acids is 2. The molecular formula is C22H21N3O4. The molecule has 7 nitrogen and oxygen atoms in total. The molecule has 0 spiro atoms. The zero-order valence-corrected chi connectivity index (χ0v) is 16.1. The average molecular weight is 391 g/mol. The van der Waals surface area contributed by atoms with Crippen molar-refractivity contribution in [2.45, 2.75) is 6.92 Å². The van der Waals surface area contributed by atoms with Gasteiger partial charge in [-0.25, -0.2) is 9.78 Å².